The molecule has 0 N–H and O–H groups in total. The smallest absolute Gasteiger partial charge is 0.310 e. The highest BCUT2D eigenvalue weighted by Gasteiger charge is 2.31. The van der Waals surface area contributed by atoms with Crippen LogP contribution in [-0.2, 0) is 27.1 Å². The van der Waals surface area contributed by atoms with Crippen molar-refractivity contribution in [3.63, 3.8) is 0 Å². The number of ether oxygens (including phenoxy) is 4. The van der Waals surface area contributed by atoms with Crippen molar-refractivity contribution in [2.24, 2.45) is 0 Å². The van der Waals surface area contributed by atoms with E-state index in [1.54, 1.807) is 18.4 Å². The van der Waals surface area contributed by atoms with Crippen LogP contribution in [0.4, 0.5) is 4.39 Å². The zero-order valence-corrected chi connectivity index (χ0v) is 23.1. The minimum Gasteiger partial charge on any atom is -0.490 e. The monoisotopic (exact) mass is 544 g/mol. The summed E-state index contributed by atoms with van der Waals surface area (Å²) in [6.45, 7) is 5.64. The van der Waals surface area contributed by atoms with Gasteiger partial charge in [0.2, 0.25) is 0 Å². The molecule has 2 aliphatic rings. The molecule has 1 aromatic heterocycles. The van der Waals surface area contributed by atoms with E-state index >= 15 is 4.39 Å². The van der Waals surface area contributed by atoms with Gasteiger partial charge in [0.15, 0.2) is 0 Å². The predicted octanol–water partition coefficient (Wildman–Crippen LogP) is 7.20. The summed E-state index contributed by atoms with van der Waals surface area (Å²) in [7, 11) is 1.36. The Balaban J connectivity index is 1.26. The molecule has 1 unspecified atom stereocenters. The number of methoxy groups -OCH3 is 1. The van der Waals surface area contributed by atoms with Gasteiger partial charge in [-0.3, -0.25) is 4.79 Å². The molecular weight excluding hydrogens is 511 g/mol. The Morgan fingerprint density at radius 1 is 0.975 bits per heavy atom. The highest BCUT2D eigenvalue weighted by Crippen LogP contribution is 2.44. The number of furan rings is 1. The van der Waals surface area contributed by atoms with Gasteiger partial charge in [-0.15, -0.1) is 0 Å². The lowest BCUT2D eigenvalue weighted by Crippen LogP contribution is -2.25. The number of fused-ring (bicyclic) bond motifs is 2. The number of benzene rings is 3. The van der Waals surface area contributed by atoms with Gasteiger partial charge in [0.1, 0.15) is 35.1 Å². The van der Waals surface area contributed by atoms with Crippen LogP contribution < -0.4 is 9.47 Å². The summed E-state index contributed by atoms with van der Waals surface area (Å²) in [5.41, 5.74) is 7.34. The van der Waals surface area contributed by atoms with Crippen LogP contribution in [0, 0.1) is 19.7 Å². The highest BCUT2D eigenvalue weighted by atomic mass is 19.1. The third-order valence-corrected chi connectivity index (χ3v) is 8.00. The minimum absolute atomic E-state index is 0.134. The number of aryl methyl sites for hydroxylation is 2. The standard InChI is InChI=1S/C33H33FO6/c1-19-14-24(39-22-10-12-37-13-11-22)15-20(2)32(19)26-6-8-28(34)33-27(26)7-9-29(33)40-23-4-5-25-21(16-31(35)36-3)18-38-30(25)17-23/h4-6,8,14-15,17-18,22,29H,7,9-13,16H2,1-3H3. The third kappa shape index (κ3) is 5.06. The van der Waals surface area contributed by atoms with Gasteiger partial charge in [-0.25, -0.2) is 4.39 Å². The maximum Gasteiger partial charge on any atom is 0.310 e. The first kappa shape index (κ1) is 26.4. The van der Waals surface area contributed by atoms with Crippen LogP contribution in [0.1, 0.15) is 53.2 Å². The molecule has 0 radical (unpaired) electrons. The first-order valence-corrected chi connectivity index (χ1v) is 13.8. The lowest BCUT2D eigenvalue weighted by molar-refractivity contribution is -0.139. The second-order valence-electron chi connectivity index (χ2n) is 10.7. The Bertz CT molecular complexity index is 1540. The van der Waals surface area contributed by atoms with E-state index in [-0.39, 0.29) is 24.3 Å². The van der Waals surface area contributed by atoms with Crippen LogP contribution >= 0.6 is 0 Å². The first-order valence-electron chi connectivity index (χ1n) is 13.8. The predicted molar refractivity (Wildman–Crippen MR) is 149 cm³/mol. The van der Waals surface area contributed by atoms with Gasteiger partial charge >= 0.3 is 5.97 Å². The summed E-state index contributed by atoms with van der Waals surface area (Å²) < 4.78 is 43.8. The summed E-state index contributed by atoms with van der Waals surface area (Å²) in [4.78, 5) is 11.7. The highest BCUT2D eigenvalue weighted by molar-refractivity contribution is 5.86. The van der Waals surface area contributed by atoms with E-state index in [4.69, 9.17) is 23.4 Å². The van der Waals surface area contributed by atoms with Crippen molar-refractivity contribution in [1.82, 2.24) is 0 Å². The fraction of sp³-hybridized carbons (Fsp3) is 0.364. The molecule has 1 atom stereocenters. The molecule has 6 nitrogen and oxygen atoms in total. The average Bonchev–Trinajstić information content (AvgIpc) is 3.54. The topological polar surface area (TPSA) is 67.1 Å². The van der Waals surface area contributed by atoms with Crippen LogP contribution in [0.3, 0.4) is 0 Å². The van der Waals surface area contributed by atoms with Gasteiger partial charge in [-0.1, -0.05) is 6.07 Å². The lowest BCUT2D eigenvalue weighted by Gasteiger charge is -2.24. The van der Waals surface area contributed by atoms with E-state index in [1.165, 1.54) is 7.11 Å². The van der Waals surface area contributed by atoms with Crippen molar-refractivity contribution in [1.29, 1.82) is 0 Å². The van der Waals surface area contributed by atoms with Crippen molar-refractivity contribution in [2.45, 2.75) is 58.2 Å². The van der Waals surface area contributed by atoms with Crippen LogP contribution in [-0.4, -0.2) is 32.4 Å². The first-order chi connectivity index (χ1) is 19.4. The fourth-order valence-corrected chi connectivity index (χ4v) is 6.09. The van der Waals surface area contributed by atoms with Crippen LogP contribution in [0.5, 0.6) is 11.5 Å². The number of carbonyl (C=O) groups excluding carboxylic acids is 1. The van der Waals surface area contributed by atoms with Gasteiger partial charge in [0, 0.05) is 35.4 Å². The van der Waals surface area contributed by atoms with Gasteiger partial charge in [-0.2, -0.15) is 0 Å². The third-order valence-electron chi connectivity index (χ3n) is 8.00. The molecule has 1 fully saturated rings. The van der Waals surface area contributed by atoms with E-state index in [2.05, 4.69) is 26.0 Å². The van der Waals surface area contributed by atoms with Gasteiger partial charge in [0.05, 0.1) is 33.0 Å². The van der Waals surface area contributed by atoms with Gasteiger partial charge < -0.3 is 23.4 Å². The minimum atomic E-state index is -0.409. The molecule has 0 amide bonds. The zero-order chi connectivity index (χ0) is 27.8. The molecular formula is C33H33FO6. The molecule has 0 bridgehead atoms. The molecule has 4 aromatic rings. The Labute approximate surface area is 233 Å². The molecule has 6 rings (SSSR count). The zero-order valence-electron chi connectivity index (χ0n) is 23.1. The fourth-order valence-electron chi connectivity index (χ4n) is 6.09. The number of carbonyl (C=O) groups is 1. The Morgan fingerprint density at radius 3 is 2.50 bits per heavy atom. The van der Waals surface area contributed by atoms with Crippen molar-refractivity contribution < 1.29 is 32.5 Å². The van der Waals surface area contributed by atoms with E-state index in [9.17, 15) is 4.79 Å². The molecule has 0 spiro atoms. The second-order valence-corrected chi connectivity index (χ2v) is 10.7. The van der Waals surface area contributed by atoms with Gasteiger partial charge in [-0.05, 0) is 84.8 Å². The number of rotatable bonds is 7. The molecule has 7 heteroatoms. The van der Waals surface area contributed by atoms with E-state index in [1.807, 2.05) is 18.2 Å². The number of hydrogen-bond acceptors (Lipinski definition) is 6. The Hall–Kier alpha value is -3.84. The number of esters is 1. The van der Waals surface area contributed by atoms with Crippen LogP contribution in [0.25, 0.3) is 22.1 Å². The SMILES string of the molecule is COC(=O)Cc1coc2cc(OC3CCc4c(-c5c(C)cc(OC6CCOCC6)cc5C)ccc(F)c43)ccc12. The molecule has 1 aliphatic heterocycles. The Morgan fingerprint density at radius 2 is 1.75 bits per heavy atom. The quantitative estimate of drug-likeness (QED) is 0.229. The van der Waals surface area contributed by atoms with E-state index < -0.39 is 6.10 Å². The van der Waals surface area contributed by atoms with E-state index in [0.29, 0.717) is 23.3 Å². The molecule has 1 aliphatic carbocycles. The summed E-state index contributed by atoms with van der Waals surface area (Å²) in [5.74, 6) is 0.879. The summed E-state index contributed by atoms with van der Waals surface area (Å²) in [5, 5.41) is 0.827. The van der Waals surface area contributed by atoms with Crippen molar-refractivity contribution >= 4 is 16.9 Å². The largest absolute Gasteiger partial charge is 0.490 e. The molecule has 40 heavy (non-hydrogen) atoms. The van der Waals surface area contributed by atoms with Crippen LogP contribution in [0.2, 0.25) is 0 Å². The molecule has 208 valence electrons. The normalized spacial score (nSPS) is 17.1. The number of halogens is 1. The van der Waals surface area contributed by atoms with Crippen LogP contribution in [0.15, 0.2) is 53.1 Å². The maximum absolute atomic E-state index is 15.3. The molecule has 2 heterocycles. The second kappa shape index (κ2) is 11.0. The van der Waals surface area contributed by atoms with Gasteiger partial charge in [0.25, 0.3) is 0 Å². The average molecular weight is 545 g/mol. The van der Waals surface area contributed by atoms with Crippen molar-refractivity contribution in [3.05, 3.63) is 82.4 Å². The maximum atomic E-state index is 15.3. The summed E-state index contributed by atoms with van der Waals surface area (Å²) in [6.07, 6.45) is 4.65. The molecule has 1 saturated heterocycles. The number of hydrogen-bond donors (Lipinski definition) is 0. The van der Waals surface area contributed by atoms with E-state index in [0.717, 1.165) is 77.0 Å². The molecule has 0 saturated carbocycles. The lowest BCUT2D eigenvalue weighted by atomic mass is 9.90. The van der Waals surface area contributed by atoms with Crippen molar-refractivity contribution in [3.8, 4) is 22.6 Å². The molecule has 3 aromatic carbocycles. The summed E-state index contributed by atoms with van der Waals surface area (Å²) >= 11 is 0. The van der Waals surface area contributed by atoms with Crippen molar-refractivity contribution in [2.75, 3.05) is 20.3 Å². The summed E-state index contributed by atoms with van der Waals surface area (Å²) in [6, 6.07) is 13.1. The Kier molecular flexibility index (Phi) is 7.24.